The van der Waals surface area contributed by atoms with Gasteiger partial charge in [-0.05, 0) is 21.5 Å². The van der Waals surface area contributed by atoms with Crippen LogP contribution in [-0.2, 0) is 0 Å². The molecule has 0 unspecified atom stereocenters. The highest BCUT2D eigenvalue weighted by atomic mass is 14.0. The summed E-state index contributed by atoms with van der Waals surface area (Å²) in [5.41, 5.74) is 1.32. The summed E-state index contributed by atoms with van der Waals surface area (Å²) in [6.07, 6.45) is 0. The van der Waals surface area contributed by atoms with Gasteiger partial charge in [0.15, 0.2) is 0 Å². The zero-order valence-electron chi connectivity index (χ0n) is 8.70. The van der Waals surface area contributed by atoms with Gasteiger partial charge in [-0.2, -0.15) is 0 Å². The topological polar surface area (TPSA) is 0 Å². The lowest BCUT2D eigenvalue weighted by Gasteiger charge is -2.04. The van der Waals surface area contributed by atoms with Gasteiger partial charge in [-0.25, -0.2) is 0 Å². The van der Waals surface area contributed by atoms with E-state index < -0.39 is 0 Å². The van der Waals surface area contributed by atoms with Gasteiger partial charge in [0.1, 0.15) is 7.85 Å². The van der Waals surface area contributed by atoms with E-state index in [0.29, 0.717) is 0 Å². The Labute approximate surface area is 89.9 Å². The standard InChI is InChI=1S/C14H11B/c15-12-7-8-14-11(9-12)6-5-10-3-1-2-4-13(10)14/h1-9H,15H2. The minimum absolute atomic E-state index is 1.31. The zero-order valence-corrected chi connectivity index (χ0v) is 8.70. The van der Waals surface area contributed by atoms with Crippen molar-refractivity contribution in [3.8, 4) is 0 Å². The van der Waals surface area contributed by atoms with Crippen LogP contribution in [0.4, 0.5) is 0 Å². The van der Waals surface area contributed by atoms with Crippen molar-refractivity contribution in [3.63, 3.8) is 0 Å². The highest BCUT2D eigenvalue weighted by molar-refractivity contribution is 6.33. The molecule has 0 aliphatic heterocycles. The van der Waals surface area contributed by atoms with Crippen molar-refractivity contribution in [2.75, 3.05) is 0 Å². The van der Waals surface area contributed by atoms with Crippen molar-refractivity contribution in [1.29, 1.82) is 0 Å². The van der Waals surface area contributed by atoms with E-state index >= 15 is 0 Å². The average molecular weight is 190 g/mol. The fourth-order valence-electron chi connectivity index (χ4n) is 2.13. The fraction of sp³-hybridized carbons (Fsp3) is 0. The molecule has 0 heterocycles. The first-order valence-electron chi connectivity index (χ1n) is 5.23. The Kier molecular flexibility index (Phi) is 1.78. The zero-order chi connectivity index (χ0) is 10.3. The van der Waals surface area contributed by atoms with Crippen molar-refractivity contribution in [2.45, 2.75) is 0 Å². The first-order valence-corrected chi connectivity index (χ1v) is 5.23. The maximum absolute atomic E-state index is 2.24. The van der Waals surface area contributed by atoms with Gasteiger partial charge in [0, 0.05) is 0 Å². The predicted octanol–water partition coefficient (Wildman–Crippen LogP) is 2.25. The van der Waals surface area contributed by atoms with Crippen LogP contribution >= 0.6 is 0 Å². The maximum atomic E-state index is 2.24. The van der Waals surface area contributed by atoms with Crippen molar-refractivity contribution >= 4 is 34.9 Å². The summed E-state index contributed by atoms with van der Waals surface area (Å²) in [4.78, 5) is 0. The number of hydrogen-bond donors (Lipinski definition) is 0. The maximum Gasteiger partial charge on any atom is 0.139 e. The molecule has 3 rings (SSSR count). The molecule has 0 bridgehead atoms. The third kappa shape index (κ3) is 1.32. The molecule has 0 amide bonds. The second kappa shape index (κ2) is 3.13. The highest BCUT2D eigenvalue weighted by Gasteiger charge is 1.98. The molecular weight excluding hydrogens is 179 g/mol. The van der Waals surface area contributed by atoms with E-state index in [1.165, 1.54) is 27.0 Å². The molecule has 0 radical (unpaired) electrons. The van der Waals surface area contributed by atoms with Gasteiger partial charge in [0.05, 0.1) is 0 Å². The van der Waals surface area contributed by atoms with Crippen LogP contribution in [0.3, 0.4) is 0 Å². The molecular formula is C14H11B. The van der Waals surface area contributed by atoms with Crippen LogP contribution in [-0.4, -0.2) is 7.85 Å². The lowest BCUT2D eigenvalue weighted by Crippen LogP contribution is -1.99. The summed E-state index contributed by atoms with van der Waals surface area (Å²) in [5, 5.41) is 5.33. The Morgan fingerprint density at radius 3 is 2.33 bits per heavy atom. The summed E-state index contributed by atoms with van der Waals surface area (Å²) in [6, 6.07) is 19.6. The molecule has 0 nitrogen and oxygen atoms in total. The van der Waals surface area contributed by atoms with Crippen molar-refractivity contribution < 1.29 is 0 Å². The van der Waals surface area contributed by atoms with Crippen LogP contribution in [0.1, 0.15) is 0 Å². The Hall–Kier alpha value is -1.76. The molecule has 0 saturated carbocycles. The van der Waals surface area contributed by atoms with Crippen LogP contribution in [0.2, 0.25) is 0 Å². The Morgan fingerprint density at radius 2 is 1.40 bits per heavy atom. The lowest BCUT2D eigenvalue weighted by molar-refractivity contribution is 1.79. The van der Waals surface area contributed by atoms with E-state index in [-0.39, 0.29) is 0 Å². The molecule has 3 aromatic rings. The summed E-state index contributed by atoms with van der Waals surface area (Å²) in [7, 11) is 2.13. The predicted molar refractivity (Wildman–Crippen MR) is 69.6 cm³/mol. The molecule has 0 aliphatic carbocycles. The summed E-state index contributed by atoms with van der Waals surface area (Å²) >= 11 is 0. The van der Waals surface area contributed by atoms with Crippen LogP contribution in [0.15, 0.2) is 54.6 Å². The van der Waals surface area contributed by atoms with Gasteiger partial charge in [0.25, 0.3) is 0 Å². The summed E-state index contributed by atoms with van der Waals surface area (Å²) in [6.45, 7) is 0. The van der Waals surface area contributed by atoms with Crippen LogP contribution in [0, 0.1) is 0 Å². The van der Waals surface area contributed by atoms with Crippen molar-refractivity contribution in [3.05, 3.63) is 54.6 Å². The van der Waals surface area contributed by atoms with Crippen molar-refractivity contribution in [2.24, 2.45) is 0 Å². The quantitative estimate of drug-likeness (QED) is 0.376. The monoisotopic (exact) mass is 190 g/mol. The second-order valence-corrected chi connectivity index (χ2v) is 4.01. The van der Waals surface area contributed by atoms with Gasteiger partial charge in [-0.3, -0.25) is 0 Å². The van der Waals surface area contributed by atoms with Gasteiger partial charge < -0.3 is 0 Å². The van der Waals surface area contributed by atoms with Crippen LogP contribution < -0.4 is 5.46 Å². The summed E-state index contributed by atoms with van der Waals surface area (Å²) in [5.74, 6) is 0. The van der Waals surface area contributed by atoms with Crippen molar-refractivity contribution in [1.82, 2.24) is 0 Å². The molecule has 0 spiro atoms. The van der Waals surface area contributed by atoms with E-state index in [9.17, 15) is 0 Å². The van der Waals surface area contributed by atoms with Gasteiger partial charge in [0.2, 0.25) is 0 Å². The first-order chi connectivity index (χ1) is 7.34. The average Bonchev–Trinajstić information content (AvgIpc) is 2.28. The van der Waals surface area contributed by atoms with E-state index in [1.807, 2.05) is 0 Å². The molecule has 0 N–H and O–H groups in total. The third-order valence-electron chi connectivity index (χ3n) is 2.90. The molecule has 70 valence electrons. The number of hydrogen-bond acceptors (Lipinski definition) is 0. The molecule has 0 aromatic heterocycles. The van der Waals surface area contributed by atoms with E-state index in [4.69, 9.17) is 0 Å². The lowest BCUT2D eigenvalue weighted by atomic mass is 9.92. The molecule has 0 saturated heterocycles. The van der Waals surface area contributed by atoms with Crippen LogP contribution in [0.5, 0.6) is 0 Å². The molecule has 0 aliphatic rings. The summed E-state index contributed by atoms with van der Waals surface area (Å²) < 4.78 is 0. The number of benzene rings is 3. The van der Waals surface area contributed by atoms with E-state index in [1.54, 1.807) is 0 Å². The molecule has 3 aromatic carbocycles. The molecule has 0 atom stereocenters. The minimum Gasteiger partial charge on any atom is -0.0883 e. The normalized spacial score (nSPS) is 10.9. The molecule has 1 heteroatoms. The second-order valence-electron chi connectivity index (χ2n) is 4.01. The Bertz CT molecular complexity index is 641. The van der Waals surface area contributed by atoms with Gasteiger partial charge in [-0.1, -0.05) is 60.1 Å². The fourth-order valence-corrected chi connectivity index (χ4v) is 2.13. The molecule has 0 fully saturated rings. The van der Waals surface area contributed by atoms with Gasteiger partial charge >= 0.3 is 0 Å². The molecule has 15 heavy (non-hydrogen) atoms. The van der Waals surface area contributed by atoms with Gasteiger partial charge in [-0.15, -0.1) is 0 Å². The smallest absolute Gasteiger partial charge is 0.0883 e. The first kappa shape index (κ1) is 8.54. The SMILES string of the molecule is Bc1ccc2c(ccc3ccccc32)c1. The van der Waals surface area contributed by atoms with Crippen LogP contribution in [0.25, 0.3) is 21.5 Å². The number of fused-ring (bicyclic) bond motifs is 3. The largest absolute Gasteiger partial charge is 0.139 e. The minimum atomic E-state index is 1.31. The Morgan fingerprint density at radius 1 is 0.667 bits per heavy atom. The Balaban J connectivity index is 2.55. The van der Waals surface area contributed by atoms with E-state index in [0.717, 1.165) is 0 Å². The highest BCUT2D eigenvalue weighted by Crippen LogP contribution is 2.23. The number of rotatable bonds is 0. The third-order valence-corrected chi connectivity index (χ3v) is 2.90. The van der Waals surface area contributed by atoms with E-state index in [2.05, 4.69) is 62.4 Å².